The van der Waals surface area contributed by atoms with E-state index in [2.05, 4.69) is 61.3 Å². The van der Waals surface area contributed by atoms with Crippen molar-refractivity contribution in [2.75, 3.05) is 19.6 Å². The first-order valence-corrected chi connectivity index (χ1v) is 7.26. The molecule has 102 valence electrons. The fraction of sp³-hybridized carbons (Fsp3) is 0.625. The minimum atomic E-state index is 0.590. The largest absolute Gasteiger partial charge is 0.315 e. The molecule has 0 spiro atoms. The monoisotopic (exact) mass is 248 g/mol. The lowest BCUT2D eigenvalue weighted by Gasteiger charge is -2.28. The average Bonchev–Trinajstić information content (AvgIpc) is 2.42. The standard InChI is InChI=1S/C16H28N2/c1-4-6-12-17-13-15(3)18(5-2)14-16-10-8-7-9-11-16/h7-11,15,17H,4-6,12-14H2,1-3H3. The van der Waals surface area contributed by atoms with E-state index in [1.54, 1.807) is 0 Å². The first kappa shape index (κ1) is 15.2. The highest BCUT2D eigenvalue weighted by Crippen LogP contribution is 2.07. The molecule has 0 heterocycles. The normalized spacial score (nSPS) is 12.9. The molecular weight excluding hydrogens is 220 g/mol. The summed E-state index contributed by atoms with van der Waals surface area (Å²) in [6, 6.07) is 11.3. The van der Waals surface area contributed by atoms with Crippen LogP contribution in [0.15, 0.2) is 30.3 Å². The van der Waals surface area contributed by atoms with Gasteiger partial charge in [-0.25, -0.2) is 0 Å². The van der Waals surface area contributed by atoms with Gasteiger partial charge in [-0.05, 0) is 32.0 Å². The van der Waals surface area contributed by atoms with Crippen LogP contribution >= 0.6 is 0 Å². The van der Waals surface area contributed by atoms with Crippen LogP contribution in [0.3, 0.4) is 0 Å². The van der Waals surface area contributed by atoms with Crippen molar-refractivity contribution in [3.8, 4) is 0 Å². The van der Waals surface area contributed by atoms with Gasteiger partial charge in [0.25, 0.3) is 0 Å². The van der Waals surface area contributed by atoms with Crippen molar-refractivity contribution in [1.29, 1.82) is 0 Å². The van der Waals surface area contributed by atoms with Gasteiger partial charge in [-0.2, -0.15) is 0 Å². The Labute approximate surface area is 112 Å². The van der Waals surface area contributed by atoms with Crippen molar-refractivity contribution in [2.45, 2.75) is 46.2 Å². The van der Waals surface area contributed by atoms with Crippen LogP contribution in [0.4, 0.5) is 0 Å². The van der Waals surface area contributed by atoms with Gasteiger partial charge < -0.3 is 5.32 Å². The van der Waals surface area contributed by atoms with E-state index in [9.17, 15) is 0 Å². The number of hydrogen-bond donors (Lipinski definition) is 1. The maximum Gasteiger partial charge on any atom is 0.0236 e. The van der Waals surface area contributed by atoms with Crippen LogP contribution in [-0.2, 0) is 6.54 Å². The van der Waals surface area contributed by atoms with Crippen LogP contribution in [-0.4, -0.2) is 30.6 Å². The molecule has 1 N–H and O–H groups in total. The molecule has 0 aromatic heterocycles. The molecule has 2 heteroatoms. The maximum absolute atomic E-state index is 3.54. The molecule has 1 unspecified atom stereocenters. The van der Waals surface area contributed by atoms with E-state index in [1.807, 2.05) is 0 Å². The van der Waals surface area contributed by atoms with E-state index in [0.717, 1.165) is 26.2 Å². The summed E-state index contributed by atoms with van der Waals surface area (Å²) in [5, 5.41) is 3.54. The van der Waals surface area contributed by atoms with Crippen molar-refractivity contribution in [3.63, 3.8) is 0 Å². The molecule has 0 amide bonds. The van der Waals surface area contributed by atoms with E-state index < -0.39 is 0 Å². The van der Waals surface area contributed by atoms with Crippen molar-refractivity contribution >= 4 is 0 Å². The van der Waals surface area contributed by atoms with Gasteiger partial charge in [0.05, 0.1) is 0 Å². The molecule has 1 aromatic rings. The maximum atomic E-state index is 3.54. The molecule has 0 aliphatic heterocycles. The van der Waals surface area contributed by atoms with Gasteiger partial charge in [0, 0.05) is 19.1 Å². The summed E-state index contributed by atoms with van der Waals surface area (Å²) >= 11 is 0. The zero-order valence-corrected chi connectivity index (χ0v) is 12.2. The molecule has 18 heavy (non-hydrogen) atoms. The number of benzene rings is 1. The quantitative estimate of drug-likeness (QED) is 0.675. The Bertz CT molecular complexity index is 297. The van der Waals surface area contributed by atoms with Gasteiger partial charge in [-0.15, -0.1) is 0 Å². The second-order valence-electron chi connectivity index (χ2n) is 4.96. The summed E-state index contributed by atoms with van der Waals surface area (Å²) in [5.41, 5.74) is 1.40. The topological polar surface area (TPSA) is 15.3 Å². The highest BCUT2D eigenvalue weighted by Gasteiger charge is 2.11. The number of likely N-dealkylation sites (N-methyl/N-ethyl adjacent to an activating group) is 1. The lowest BCUT2D eigenvalue weighted by atomic mass is 10.2. The van der Waals surface area contributed by atoms with Crippen LogP contribution in [0, 0.1) is 0 Å². The molecule has 0 saturated carbocycles. The lowest BCUT2D eigenvalue weighted by molar-refractivity contribution is 0.206. The van der Waals surface area contributed by atoms with Crippen LogP contribution in [0.25, 0.3) is 0 Å². The first-order valence-electron chi connectivity index (χ1n) is 7.26. The average molecular weight is 248 g/mol. The van der Waals surface area contributed by atoms with Crippen LogP contribution < -0.4 is 5.32 Å². The Hall–Kier alpha value is -0.860. The molecule has 1 aromatic carbocycles. The first-order chi connectivity index (χ1) is 8.77. The Morgan fingerprint density at radius 3 is 2.50 bits per heavy atom. The van der Waals surface area contributed by atoms with Gasteiger partial charge in [-0.3, -0.25) is 4.90 Å². The molecule has 0 aliphatic rings. The van der Waals surface area contributed by atoms with Crippen molar-refractivity contribution < 1.29 is 0 Å². The van der Waals surface area contributed by atoms with Crippen LogP contribution in [0.5, 0.6) is 0 Å². The number of unbranched alkanes of at least 4 members (excludes halogenated alkanes) is 1. The third kappa shape index (κ3) is 5.65. The number of rotatable bonds is 9. The molecule has 0 bridgehead atoms. The van der Waals surface area contributed by atoms with Crippen molar-refractivity contribution in [1.82, 2.24) is 10.2 Å². The van der Waals surface area contributed by atoms with Gasteiger partial charge >= 0.3 is 0 Å². The highest BCUT2D eigenvalue weighted by atomic mass is 15.2. The highest BCUT2D eigenvalue weighted by molar-refractivity contribution is 5.14. The van der Waals surface area contributed by atoms with E-state index in [4.69, 9.17) is 0 Å². The molecular formula is C16H28N2. The van der Waals surface area contributed by atoms with E-state index in [0.29, 0.717) is 6.04 Å². The van der Waals surface area contributed by atoms with Crippen molar-refractivity contribution in [2.24, 2.45) is 0 Å². The third-order valence-corrected chi connectivity index (χ3v) is 3.40. The zero-order valence-electron chi connectivity index (χ0n) is 12.2. The predicted molar refractivity (Wildman–Crippen MR) is 79.8 cm³/mol. The Balaban J connectivity index is 2.35. The fourth-order valence-electron chi connectivity index (χ4n) is 2.14. The Kier molecular flexibility index (Phi) is 7.70. The van der Waals surface area contributed by atoms with Gasteiger partial charge in [0.15, 0.2) is 0 Å². The molecule has 0 radical (unpaired) electrons. The minimum Gasteiger partial charge on any atom is -0.315 e. The second-order valence-corrected chi connectivity index (χ2v) is 4.96. The minimum absolute atomic E-state index is 0.590. The number of nitrogens with one attached hydrogen (secondary N) is 1. The third-order valence-electron chi connectivity index (χ3n) is 3.40. The number of hydrogen-bond acceptors (Lipinski definition) is 2. The van der Waals surface area contributed by atoms with Crippen LogP contribution in [0.2, 0.25) is 0 Å². The van der Waals surface area contributed by atoms with E-state index in [1.165, 1.54) is 18.4 Å². The van der Waals surface area contributed by atoms with Crippen molar-refractivity contribution in [3.05, 3.63) is 35.9 Å². The van der Waals surface area contributed by atoms with Crippen LogP contribution in [0.1, 0.15) is 39.2 Å². The summed E-state index contributed by atoms with van der Waals surface area (Å²) in [5.74, 6) is 0. The summed E-state index contributed by atoms with van der Waals surface area (Å²) in [6.07, 6.45) is 2.54. The summed E-state index contributed by atoms with van der Waals surface area (Å²) in [6.45, 7) is 11.2. The fourth-order valence-corrected chi connectivity index (χ4v) is 2.14. The molecule has 0 fully saturated rings. The van der Waals surface area contributed by atoms with E-state index in [-0.39, 0.29) is 0 Å². The van der Waals surface area contributed by atoms with Gasteiger partial charge in [0.2, 0.25) is 0 Å². The summed E-state index contributed by atoms with van der Waals surface area (Å²) in [7, 11) is 0. The number of nitrogens with zero attached hydrogens (tertiary/aromatic N) is 1. The lowest BCUT2D eigenvalue weighted by Crippen LogP contribution is -2.40. The Morgan fingerprint density at radius 2 is 1.89 bits per heavy atom. The van der Waals surface area contributed by atoms with E-state index >= 15 is 0 Å². The zero-order chi connectivity index (χ0) is 13.2. The molecule has 0 aliphatic carbocycles. The second kappa shape index (κ2) is 9.12. The summed E-state index contributed by atoms with van der Waals surface area (Å²) in [4.78, 5) is 2.52. The molecule has 1 rings (SSSR count). The van der Waals surface area contributed by atoms with Gasteiger partial charge in [-0.1, -0.05) is 50.6 Å². The smallest absolute Gasteiger partial charge is 0.0236 e. The summed E-state index contributed by atoms with van der Waals surface area (Å²) < 4.78 is 0. The van der Waals surface area contributed by atoms with Gasteiger partial charge in [0.1, 0.15) is 0 Å². The SMILES string of the molecule is CCCCNCC(C)N(CC)Cc1ccccc1. The molecule has 2 nitrogen and oxygen atoms in total. The molecule has 0 saturated heterocycles. The molecule has 1 atom stereocenters. The Morgan fingerprint density at radius 1 is 1.17 bits per heavy atom. The predicted octanol–water partition coefficient (Wildman–Crippen LogP) is 3.29.